The van der Waals surface area contributed by atoms with E-state index in [2.05, 4.69) is 5.32 Å². The van der Waals surface area contributed by atoms with Gasteiger partial charge in [-0.25, -0.2) is 0 Å². The normalized spacial score (nSPS) is 18.0. The number of rotatable bonds is 5. The fraction of sp³-hybridized carbons (Fsp3) is 0.190. The van der Waals surface area contributed by atoms with Crippen LogP contribution in [0.15, 0.2) is 65.2 Å². The summed E-state index contributed by atoms with van der Waals surface area (Å²) in [7, 11) is 0. The van der Waals surface area contributed by atoms with E-state index in [-0.39, 0.29) is 16.7 Å². The minimum absolute atomic E-state index is 0.0693. The fourth-order valence-corrected chi connectivity index (χ4v) is 4.13. The van der Waals surface area contributed by atoms with Crippen LogP contribution in [-0.4, -0.2) is 17.1 Å². The second kappa shape index (κ2) is 8.96. The number of anilines is 1. The predicted octanol–water partition coefficient (Wildman–Crippen LogP) is 4.25. The maximum absolute atomic E-state index is 12.9. The first-order valence-corrected chi connectivity index (χ1v) is 10.0. The van der Waals surface area contributed by atoms with Crippen LogP contribution in [0.4, 0.5) is 5.69 Å². The minimum Gasteiger partial charge on any atom is -0.347 e. The van der Waals surface area contributed by atoms with Crippen molar-refractivity contribution in [3.05, 3.63) is 75.8 Å². The van der Waals surface area contributed by atoms with Crippen LogP contribution in [0.25, 0.3) is 0 Å². The zero-order chi connectivity index (χ0) is 20.1. The predicted molar refractivity (Wildman–Crippen MR) is 112 cm³/mol. The third kappa shape index (κ3) is 4.22. The number of hydrogen-bond acceptors (Lipinski definition) is 4. The Morgan fingerprint density at radius 3 is 2.50 bits per heavy atom. The second-order valence-corrected chi connectivity index (χ2v) is 7.75. The Morgan fingerprint density at radius 1 is 1.21 bits per heavy atom. The number of nitriles is 1. The van der Waals surface area contributed by atoms with Crippen LogP contribution in [0.2, 0.25) is 5.02 Å². The van der Waals surface area contributed by atoms with Crippen molar-refractivity contribution < 1.29 is 9.59 Å². The van der Waals surface area contributed by atoms with Gasteiger partial charge in [0, 0.05) is 17.3 Å². The van der Waals surface area contributed by atoms with E-state index in [1.54, 1.807) is 24.3 Å². The van der Waals surface area contributed by atoms with Gasteiger partial charge in [-0.1, -0.05) is 60.6 Å². The van der Waals surface area contributed by atoms with Crippen LogP contribution in [0.5, 0.6) is 0 Å². The molecule has 0 spiro atoms. The maximum atomic E-state index is 12.9. The fourth-order valence-electron chi connectivity index (χ4n) is 2.81. The molecule has 7 heteroatoms. The van der Waals surface area contributed by atoms with Gasteiger partial charge in [-0.2, -0.15) is 5.26 Å². The van der Waals surface area contributed by atoms with E-state index < -0.39 is 5.91 Å². The summed E-state index contributed by atoms with van der Waals surface area (Å²) < 4.78 is 0. The SMILES string of the molecule is CC[C@H]1S/C(=C(\C#N)C(=O)NCc2ccccc2)N(c2ccc(Cl)cc2)C1=O. The van der Waals surface area contributed by atoms with Crippen molar-refractivity contribution in [1.82, 2.24) is 5.32 Å². The van der Waals surface area contributed by atoms with Crippen LogP contribution in [0.3, 0.4) is 0 Å². The van der Waals surface area contributed by atoms with E-state index in [0.717, 1.165) is 5.56 Å². The summed E-state index contributed by atoms with van der Waals surface area (Å²) in [6, 6.07) is 18.2. The number of thioether (sulfide) groups is 1. The van der Waals surface area contributed by atoms with Crippen molar-refractivity contribution in [3.8, 4) is 6.07 Å². The average Bonchev–Trinajstić information content (AvgIpc) is 3.04. The molecule has 1 atom stereocenters. The Labute approximate surface area is 173 Å². The van der Waals surface area contributed by atoms with Gasteiger partial charge in [0.05, 0.1) is 5.25 Å². The highest BCUT2D eigenvalue weighted by Crippen LogP contribution is 2.41. The third-order valence-electron chi connectivity index (χ3n) is 4.26. The van der Waals surface area contributed by atoms with E-state index in [0.29, 0.717) is 28.7 Å². The molecule has 1 aliphatic heterocycles. The van der Waals surface area contributed by atoms with Crippen molar-refractivity contribution in [2.45, 2.75) is 25.1 Å². The Balaban J connectivity index is 1.93. The van der Waals surface area contributed by atoms with Crippen LogP contribution in [0.1, 0.15) is 18.9 Å². The lowest BCUT2D eigenvalue weighted by molar-refractivity contribution is -0.117. The lowest BCUT2D eigenvalue weighted by Gasteiger charge is -2.18. The number of nitrogens with zero attached hydrogens (tertiary/aromatic N) is 2. The smallest absolute Gasteiger partial charge is 0.264 e. The van der Waals surface area contributed by atoms with Gasteiger partial charge in [-0.3, -0.25) is 14.5 Å². The molecule has 0 saturated carbocycles. The van der Waals surface area contributed by atoms with Gasteiger partial charge in [-0.05, 0) is 36.2 Å². The van der Waals surface area contributed by atoms with E-state index in [9.17, 15) is 14.9 Å². The number of amides is 2. The van der Waals surface area contributed by atoms with Gasteiger partial charge in [-0.15, -0.1) is 0 Å². The number of carbonyl (C=O) groups excluding carboxylic acids is 2. The molecule has 2 aromatic rings. The molecule has 1 fully saturated rings. The molecule has 1 heterocycles. The molecule has 2 aromatic carbocycles. The van der Waals surface area contributed by atoms with Crippen molar-refractivity contribution in [2.75, 3.05) is 4.90 Å². The first-order valence-electron chi connectivity index (χ1n) is 8.77. The Hall–Kier alpha value is -2.75. The van der Waals surface area contributed by atoms with Crippen LogP contribution in [0, 0.1) is 11.3 Å². The number of carbonyl (C=O) groups is 2. The highest BCUT2D eigenvalue weighted by atomic mass is 35.5. The van der Waals surface area contributed by atoms with E-state index >= 15 is 0 Å². The topological polar surface area (TPSA) is 73.2 Å². The molecule has 1 saturated heterocycles. The summed E-state index contributed by atoms with van der Waals surface area (Å²) in [6.45, 7) is 2.20. The van der Waals surface area contributed by atoms with E-state index in [4.69, 9.17) is 11.6 Å². The Kier molecular flexibility index (Phi) is 6.40. The molecule has 1 aliphatic rings. The van der Waals surface area contributed by atoms with Crippen LogP contribution in [-0.2, 0) is 16.1 Å². The summed E-state index contributed by atoms with van der Waals surface area (Å²) in [5.74, 6) is -0.647. The van der Waals surface area contributed by atoms with Gasteiger partial charge in [0.25, 0.3) is 5.91 Å². The van der Waals surface area contributed by atoms with Gasteiger partial charge in [0.1, 0.15) is 16.7 Å². The van der Waals surface area contributed by atoms with Crippen molar-refractivity contribution in [1.29, 1.82) is 5.26 Å². The summed E-state index contributed by atoms with van der Waals surface area (Å²) in [6.07, 6.45) is 0.599. The van der Waals surface area contributed by atoms with Crippen molar-refractivity contribution in [3.63, 3.8) is 0 Å². The Bertz CT molecular complexity index is 952. The number of halogens is 1. The summed E-state index contributed by atoms with van der Waals surface area (Å²) in [5.41, 5.74) is 1.44. The zero-order valence-electron chi connectivity index (χ0n) is 15.2. The van der Waals surface area contributed by atoms with Gasteiger partial charge >= 0.3 is 0 Å². The molecule has 0 unspecified atom stereocenters. The maximum Gasteiger partial charge on any atom is 0.264 e. The van der Waals surface area contributed by atoms with Crippen molar-refractivity contribution in [2.24, 2.45) is 0 Å². The largest absolute Gasteiger partial charge is 0.347 e. The summed E-state index contributed by atoms with van der Waals surface area (Å²) in [4.78, 5) is 27.0. The number of benzene rings is 2. The highest BCUT2D eigenvalue weighted by Gasteiger charge is 2.39. The van der Waals surface area contributed by atoms with Crippen LogP contribution >= 0.6 is 23.4 Å². The summed E-state index contributed by atoms with van der Waals surface area (Å²) in [5, 5.41) is 13.0. The van der Waals surface area contributed by atoms with Gasteiger partial charge in [0.15, 0.2) is 0 Å². The molecule has 142 valence electrons. The summed E-state index contributed by atoms with van der Waals surface area (Å²) >= 11 is 7.20. The van der Waals surface area contributed by atoms with E-state index in [1.165, 1.54) is 16.7 Å². The van der Waals surface area contributed by atoms with Gasteiger partial charge in [0.2, 0.25) is 5.91 Å². The molecule has 1 N–H and O–H groups in total. The van der Waals surface area contributed by atoms with Crippen LogP contribution < -0.4 is 10.2 Å². The molecule has 3 rings (SSSR count). The van der Waals surface area contributed by atoms with Gasteiger partial charge < -0.3 is 5.32 Å². The number of nitrogens with one attached hydrogen (secondary N) is 1. The standard InChI is InChI=1S/C21H18ClN3O2S/c1-2-18-20(27)25(16-10-8-15(22)9-11-16)21(28-18)17(12-23)19(26)24-13-14-6-4-3-5-7-14/h3-11,18H,2,13H2,1H3,(H,24,26)/b21-17+/t18-/m1/s1. The third-order valence-corrected chi connectivity index (χ3v) is 5.94. The molecule has 0 aliphatic carbocycles. The number of hydrogen-bond donors (Lipinski definition) is 1. The van der Waals surface area contributed by atoms with Crippen molar-refractivity contribution >= 4 is 40.9 Å². The molecule has 28 heavy (non-hydrogen) atoms. The minimum atomic E-state index is -0.502. The highest BCUT2D eigenvalue weighted by molar-refractivity contribution is 8.05. The molecular formula is C21H18ClN3O2S. The van der Waals surface area contributed by atoms with E-state index in [1.807, 2.05) is 43.3 Å². The molecule has 0 bridgehead atoms. The zero-order valence-corrected chi connectivity index (χ0v) is 16.8. The first-order chi connectivity index (χ1) is 13.5. The molecular weight excluding hydrogens is 394 g/mol. The molecule has 0 radical (unpaired) electrons. The molecule has 2 amide bonds. The molecule has 5 nitrogen and oxygen atoms in total. The quantitative estimate of drug-likeness (QED) is 0.589. The second-order valence-electron chi connectivity index (χ2n) is 6.13. The monoisotopic (exact) mass is 411 g/mol. The Morgan fingerprint density at radius 2 is 1.89 bits per heavy atom. The first kappa shape index (κ1) is 20.0. The lowest BCUT2D eigenvalue weighted by atomic mass is 10.2. The average molecular weight is 412 g/mol. The lowest BCUT2D eigenvalue weighted by Crippen LogP contribution is -2.31. The molecule has 0 aromatic heterocycles.